The number of aliphatic carboxylic acids is 1. The van der Waals surface area contributed by atoms with E-state index in [1.807, 2.05) is 0 Å². The Bertz CT molecular complexity index is 234. The molecule has 0 heterocycles. The van der Waals surface area contributed by atoms with Crippen LogP contribution < -0.4 is 5.32 Å². The van der Waals surface area contributed by atoms with Crippen molar-refractivity contribution in [3.63, 3.8) is 0 Å². The van der Waals surface area contributed by atoms with Gasteiger partial charge in [-0.25, -0.2) is 4.79 Å². The Hall–Kier alpha value is -1.06. The number of carbonyl (C=O) groups is 2. The molecular formula is C10H17NO3. The Morgan fingerprint density at radius 3 is 2.36 bits per heavy atom. The first-order valence-corrected chi connectivity index (χ1v) is 5.03. The number of amides is 1. The minimum absolute atomic E-state index is 0.0735. The topological polar surface area (TPSA) is 66.4 Å². The van der Waals surface area contributed by atoms with Crippen LogP contribution in [0, 0.1) is 11.8 Å². The molecule has 4 nitrogen and oxygen atoms in total. The van der Waals surface area contributed by atoms with Crippen molar-refractivity contribution in [2.45, 2.75) is 39.2 Å². The van der Waals surface area contributed by atoms with E-state index in [-0.39, 0.29) is 11.8 Å². The highest BCUT2D eigenvalue weighted by Gasteiger charge is 2.28. The average molecular weight is 199 g/mol. The van der Waals surface area contributed by atoms with Gasteiger partial charge < -0.3 is 10.4 Å². The quantitative estimate of drug-likeness (QED) is 0.694. The molecule has 4 heteroatoms. The Morgan fingerprint density at radius 1 is 1.43 bits per heavy atom. The lowest BCUT2D eigenvalue weighted by Crippen LogP contribution is -2.44. The fourth-order valence-corrected chi connectivity index (χ4v) is 1.33. The lowest BCUT2D eigenvalue weighted by atomic mass is 10.0. The Labute approximate surface area is 83.7 Å². The summed E-state index contributed by atoms with van der Waals surface area (Å²) in [6.45, 7) is 3.58. The third-order valence-corrected chi connectivity index (χ3v) is 2.42. The van der Waals surface area contributed by atoms with Crippen LogP contribution in [0.15, 0.2) is 0 Å². The minimum atomic E-state index is -0.954. The molecular weight excluding hydrogens is 182 g/mol. The zero-order valence-corrected chi connectivity index (χ0v) is 8.62. The molecule has 0 aromatic carbocycles. The third-order valence-electron chi connectivity index (χ3n) is 2.42. The van der Waals surface area contributed by atoms with Crippen LogP contribution in [0.1, 0.15) is 33.1 Å². The standard InChI is InChI=1S/C10H17NO3/c1-6(2)9(10(13)14)11-8(12)5-7-3-4-7/h6-7,9H,3-5H2,1-2H3,(H,11,12)(H,13,14)/t9-/m0/s1. The van der Waals surface area contributed by atoms with Crippen LogP contribution in [0.3, 0.4) is 0 Å². The van der Waals surface area contributed by atoms with Crippen LogP contribution in [0.2, 0.25) is 0 Å². The molecule has 1 fully saturated rings. The molecule has 1 aliphatic rings. The van der Waals surface area contributed by atoms with Crippen molar-refractivity contribution in [2.75, 3.05) is 0 Å². The maximum atomic E-state index is 11.3. The van der Waals surface area contributed by atoms with Gasteiger partial charge in [0.25, 0.3) is 0 Å². The SMILES string of the molecule is CC(C)[C@H](NC(=O)CC1CC1)C(=O)O. The Morgan fingerprint density at radius 2 is 2.00 bits per heavy atom. The summed E-state index contributed by atoms with van der Waals surface area (Å²) in [4.78, 5) is 22.1. The van der Waals surface area contributed by atoms with Gasteiger partial charge >= 0.3 is 5.97 Å². The Balaban J connectivity index is 2.37. The second-order valence-electron chi connectivity index (χ2n) is 4.27. The summed E-state index contributed by atoms with van der Waals surface area (Å²) in [6.07, 6.45) is 2.69. The predicted molar refractivity (Wildman–Crippen MR) is 51.7 cm³/mol. The van der Waals surface area contributed by atoms with E-state index in [4.69, 9.17) is 5.11 Å². The summed E-state index contributed by atoms with van der Waals surface area (Å²) in [7, 11) is 0. The van der Waals surface area contributed by atoms with Gasteiger partial charge in [0, 0.05) is 6.42 Å². The molecule has 1 rings (SSSR count). The van der Waals surface area contributed by atoms with Gasteiger partial charge in [0.05, 0.1) is 0 Å². The number of rotatable bonds is 5. The van der Waals surface area contributed by atoms with Crippen molar-refractivity contribution in [2.24, 2.45) is 11.8 Å². The zero-order chi connectivity index (χ0) is 10.7. The number of carboxylic acid groups (broad SMARTS) is 1. The summed E-state index contributed by atoms with van der Waals surface area (Å²) in [5.41, 5.74) is 0. The fourth-order valence-electron chi connectivity index (χ4n) is 1.33. The first-order valence-electron chi connectivity index (χ1n) is 5.03. The van der Waals surface area contributed by atoms with E-state index in [0.717, 1.165) is 12.8 Å². The lowest BCUT2D eigenvalue weighted by molar-refractivity contribution is -0.143. The van der Waals surface area contributed by atoms with Crippen LogP contribution in [0.5, 0.6) is 0 Å². The highest BCUT2D eigenvalue weighted by atomic mass is 16.4. The van der Waals surface area contributed by atoms with Crippen LogP contribution in [-0.2, 0) is 9.59 Å². The summed E-state index contributed by atoms with van der Waals surface area (Å²) in [6, 6.07) is -0.749. The first kappa shape index (κ1) is 11.0. The van der Waals surface area contributed by atoms with E-state index in [9.17, 15) is 9.59 Å². The molecule has 1 atom stereocenters. The second kappa shape index (κ2) is 4.44. The van der Waals surface area contributed by atoms with Gasteiger partial charge in [0.2, 0.25) is 5.91 Å². The Kier molecular flexibility index (Phi) is 3.49. The van der Waals surface area contributed by atoms with Crippen molar-refractivity contribution >= 4 is 11.9 Å². The van der Waals surface area contributed by atoms with Crippen molar-refractivity contribution in [1.29, 1.82) is 0 Å². The number of hydrogen-bond donors (Lipinski definition) is 2. The molecule has 80 valence electrons. The molecule has 1 aliphatic carbocycles. The molecule has 0 saturated heterocycles. The third kappa shape index (κ3) is 3.36. The van der Waals surface area contributed by atoms with Gasteiger partial charge in [-0.05, 0) is 24.7 Å². The van der Waals surface area contributed by atoms with E-state index >= 15 is 0 Å². The molecule has 0 spiro atoms. The monoisotopic (exact) mass is 199 g/mol. The molecule has 1 saturated carbocycles. The summed E-state index contributed by atoms with van der Waals surface area (Å²) in [5, 5.41) is 11.4. The largest absolute Gasteiger partial charge is 0.480 e. The van der Waals surface area contributed by atoms with Crippen LogP contribution >= 0.6 is 0 Å². The fraction of sp³-hybridized carbons (Fsp3) is 0.800. The molecule has 2 N–H and O–H groups in total. The van der Waals surface area contributed by atoms with Crippen molar-refractivity contribution in [3.8, 4) is 0 Å². The van der Waals surface area contributed by atoms with Gasteiger partial charge in [0.1, 0.15) is 6.04 Å². The van der Waals surface area contributed by atoms with Gasteiger partial charge in [0.15, 0.2) is 0 Å². The van der Waals surface area contributed by atoms with Crippen molar-refractivity contribution in [3.05, 3.63) is 0 Å². The maximum absolute atomic E-state index is 11.3. The van der Waals surface area contributed by atoms with E-state index in [1.54, 1.807) is 13.8 Å². The maximum Gasteiger partial charge on any atom is 0.326 e. The highest BCUT2D eigenvalue weighted by molar-refractivity contribution is 5.83. The van der Waals surface area contributed by atoms with Crippen molar-refractivity contribution < 1.29 is 14.7 Å². The summed E-state index contributed by atoms with van der Waals surface area (Å²) >= 11 is 0. The zero-order valence-electron chi connectivity index (χ0n) is 8.62. The summed E-state index contributed by atoms with van der Waals surface area (Å²) in [5.74, 6) is -0.662. The lowest BCUT2D eigenvalue weighted by Gasteiger charge is -2.17. The molecule has 0 unspecified atom stereocenters. The van der Waals surface area contributed by atoms with E-state index in [2.05, 4.69) is 5.32 Å². The normalized spacial score (nSPS) is 17.9. The molecule has 0 aromatic rings. The number of hydrogen-bond acceptors (Lipinski definition) is 2. The van der Waals surface area contributed by atoms with Gasteiger partial charge in [-0.1, -0.05) is 13.8 Å². The van der Waals surface area contributed by atoms with Crippen LogP contribution in [0.25, 0.3) is 0 Å². The van der Waals surface area contributed by atoms with Gasteiger partial charge in [-0.15, -0.1) is 0 Å². The summed E-state index contributed by atoms with van der Waals surface area (Å²) < 4.78 is 0. The molecule has 0 bridgehead atoms. The van der Waals surface area contributed by atoms with Gasteiger partial charge in [-0.3, -0.25) is 4.79 Å². The van der Waals surface area contributed by atoms with E-state index in [0.29, 0.717) is 12.3 Å². The average Bonchev–Trinajstić information content (AvgIpc) is 2.82. The van der Waals surface area contributed by atoms with Gasteiger partial charge in [-0.2, -0.15) is 0 Å². The number of carboxylic acids is 1. The van der Waals surface area contributed by atoms with Crippen LogP contribution in [-0.4, -0.2) is 23.0 Å². The number of carbonyl (C=O) groups excluding carboxylic acids is 1. The molecule has 0 aliphatic heterocycles. The predicted octanol–water partition coefficient (Wildman–Crippen LogP) is 1.01. The highest BCUT2D eigenvalue weighted by Crippen LogP contribution is 2.32. The van der Waals surface area contributed by atoms with Crippen molar-refractivity contribution in [1.82, 2.24) is 5.32 Å². The van der Waals surface area contributed by atoms with Crippen LogP contribution in [0.4, 0.5) is 0 Å². The van der Waals surface area contributed by atoms with E-state index < -0.39 is 12.0 Å². The minimum Gasteiger partial charge on any atom is -0.480 e. The molecule has 0 radical (unpaired) electrons. The smallest absolute Gasteiger partial charge is 0.326 e. The van der Waals surface area contributed by atoms with E-state index in [1.165, 1.54) is 0 Å². The molecule has 0 aromatic heterocycles. The molecule has 14 heavy (non-hydrogen) atoms. The number of nitrogens with one attached hydrogen (secondary N) is 1. The second-order valence-corrected chi connectivity index (χ2v) is 4.27. The first-order chi connectivity index (χ1) is 6.50. The molecule has 1 amide bonds.